The molecular formula is C15H23NO2. The predicted octanol–water partition coefficient (Wildman–Crippen LogP) is 2.73. The smallest absolute Gasteiger partial charge is 0.0908 e. The fraction of sp³-hybridized carbons (Fsp3) is 0.600. The lowest BCUT2D eigenvalue weighted by Gasteiger charge is -2.46. The second kappa shape index (κ2) is 4.90. The Balaban J connectivity index is 2.59. The minimum atomic E-state index is 0.0752. The van der Waals surface area contributed by atoms with Crippen LogP contribution in [0.25, 0.3) is 0 Å². The Morgan fingerprint density at radius 2 is 2.17 bits per heavy atom. The Hall–Kier alpha value is -1.06. The number of rotatable bonds is 3. The molecule has 100 valence electrons. The highest BCUT2D eigenvalue weighted by Crippen LogP contribution is 2.47. The second-order valence-corrected chi connectivity index (χ2v) is 5.63. The quantitative estimate of drug-likeness (QED) is 0.894. The number of anilines is 1. The van der Waals surface area contributed by atoms with E-state index >= 15 is 0 Å². The van der Waals surface area contributed by atoms with Gasteiger partial charge in [-0.1, -0.05) is 32.0 Å². The molecule has 1 aliphatic rings. The van der Waals surface area contributed by atoms with E-state index in [1.807, 2.05) is 12.1 Å². The van der Waals surface area contributed by atoms with Crippen LogP contribution >= 0.6 is 0 Å². The van der Waals surface area contributed by atoms with Gasteiger partial charge in [0, 0.05) is 42.4 Å². The van der Waals surface area contributed by atoms with Gasteiger partial charge in [-0.15, -0.1) is 0 Å². The van der Waals surface area contributed by atoms with Crippen LogP contribution in [0.3, 0.4) is 0 Å². The monoisotopic (exact) mass is 249 g/mol. The van der Waals surface area contributed by atoms with Crippen LogP contribution in [0.15, 0.2) is 18.2 Å². The summed E-state index contributed by atoms with van der Waals surface area (Å²) in [6.07, 6.45) is 0.0850. The van der Waals surface area contributed by atoms with Gasteiger partial charge >= 0.3 is 0 Å². The van der Waals surface area contributed by atoms with Crippen molar-refractivity contribution in [2.75, 3.05) is 25.1 Å². The zero-order valence-corrected chi connectivity index (χ0v) is 11.7. The summed E-state index contributed by atoms with van der Waals surface area (Å²) in [5, 5.41) is 9.53. The van der Waals surface area contributed by atoms with Crippen molar-refractivity contribution in [2.24, 2.45) is 5.41 Å². The lowest BCUT2D eigenvalue weighted by Crippen LogP contribution is -2.44. The van der Waals surface area contributed by atoms with Gasteiger partial charge in [-0.05, 0) is 6.92 Å². The zero-order chi connectivity index (χ0) is 13.3. The highest BCUT2D eigenvalue weighted by atomic mass is 16.5. The molecule has 0 fully saturated rings. The molecule has 18 heavy (non-hydrogen) atoms. The number of methoxy groups -OCH3 is 1. The Labute approximate surface area is 109 Å². The number of ether oxygens (including phenoxy) is 1. The van der Waals surface area contributed by atoms with Crippen LogP contribution in [-0.4, -0.2) is 25.3 Å². The maximum absolute atomic E-state index is 9.53. The lowest BCUT2D eigenvalue weighted by molar-refractivity contribution is 0.00375. The highest BCUT2D eigenvalue weighted by Gasteiger charge is 2.39. The third-order valence-electron chi connectivity index (χ3n) is 3.85. The van der Waals surface area contributed by atoms with Crippen molar-refractivity contribution in [1.82, 2.24) is 0 Å². The SMILES string of the molecule is CCN1CC(C)(C)C(OC)c2cccc(CO)c21. The molecule has 0 radical (unpaired) electrons. The van der Waals surface area contributed by atoms with Crippen molar-refractivity contribution < 1.29 is 9.84 Å². The minimum absolute atomic E-state index is 0.0752. The zero-order valence-electron chi connectivity index (χ0n) is 11.7. The Bertz CT molecular complexity index is 429. The average Bonchev–Trinajstić information content (AvgIpc) is 2.36. The number of para-hydroxylation sites is 1. The Kier molecular flexibility index (Phi) is 3.64. The normalized spacial score (nSPS) is 21.8. The second-order valence-electron chi connectivity index (χ2n) is 5.63. The van der Waals surface area contributed by atoms with Crippen LogP contribution in [0, 0.1) is 5.41 Å². The molecule has 0 aliphatic carbocycles. The van der Waals surface area contributed by atoms with Crippen LogP contribution < -0.4 is 4.90 Å². The molecule has 0 aromatic heterocycles. The van der Waals surface area contributed by atoms with Crippen LogP contribution in [-0.2, 0) is 11.3 Å². The van der Waals surface area contributed by atoms with Crippen molar-refractivity contribution in [3.05, 3.63) is 29.3 Å². The molecule has 3 nitrogen and oxygen atoms in total. The van der Waals surface area contributed by atoms with E-state index in [4.69, 9.17) is 4.74 Å². The summed E-state index contributed by atoms with van der Waals surface area (Å²) >= 11 is 0. The molecule has 1 aliphatic heterocycles. The maximum Gasteiger partial charge on any atom is 0.0908 e. The van der Waals surface area contributed by atoms with Gasteiger partial charge in [0.1, 0.15) is 0 Å². The molecule has 1 aromatic carbocycles. The summed E-state index contributed by atoms with van der Waals surface area (Å²) in [5.74, 6) is 0. The molecule has 1 aromatic rings. The lowest BCUT2D eigenvalue weighted by atomic mass is 9.77. The van der Waals surface area contributed by atoms with Gasteiger partial charge in [-0.3, -0.25) is 0 Å². The summed E-state index contributed by atoms with van der Waals surface area (Å²) in [6, 6.07) is 6.12. The van der Waals surface area contributed by atoms with E-state index in [9.17, 15) is 5.11 Å². The maximum atomic E-state index is 9.53. The third-order valence-corrected chi connectivity index (χ3v) is 3.85. The average molecular weight is 249 g/mol. The fourth-order valence-electron chi connectivity index (χ4n) is 3.13. The number of aliphatic hydroxyl groups is 1. The van der Waals surface area contributed by atoms with Crippen LogP contribution in [0.2, 0.25) is 0 Å². The molecule has 1 unspecified atom stereocenters. The first-order valence-corrected chi connectivity index (χ1v) is 6.55. The molecular weight excluding hydrogens is 226 g/mol. The van der Waals surface area contributed by atoms with Gasteiger partial charge in [0.15, 0.2) is 0 Å². The summed E-state index contributed by atoms with van der Waals surface area (Å²) in [4.78, 5) is 2.34. The van der Waals surface area contributed by atoms with Gasteiger partial charge in [0.2, 0.25) is 0 Å². The predicted molar refractivity (Wildman–Crippen MR) is 73.8 cm³/mol. The van der Waals surface area contributed by atoms with Gasteiger partial charge in [-0.25, -0.2) is 0 Å². The van der Waals surface area contributed by atoms with E-state index in [-0.39, 0.29) is 18.1 Å². The van der Waals surface area contributed by atoms with E-state index in [1.165, 1.54) is 5.56 Å². The van der Waals surface area contributed by atoms with Gasteiger partial charge < -0.3 is 14.7 Å². The molecule has 3 heteroatoms. The molecule has 2 rings (SSSR count). The third kappa shape index (κ3) is 2.02. The summed E-state index contributed by atoms with van der Waals surface area (Å²) < 4.78 is 5.72. The first-order valence-electron chi connectivity index (χ1n) is 6.55. The number of benzene rings is 1. The Morgan fingerprint density at radius 1 is 1.44 bits per heavy atom. The minimum Gasteiger partial charge on any atom is -0.392 e. The van der Waals surface area contributed by atoms with E-state index in [0.29, 0.717) is 0 Å². The van der Waals surface area contributed by atoms with Gasteiger partial charge in [0.25, 0.3) is 0 Å². The van der Waals surface area contributed by atoms with Crippen molar-refractivity contribution in [3.8, 4) is 0 Å². The van der Waals surface area contributed by atoms with Crippen LogP contribution in [0.5, 0.6) is 0 Å². The number of fused-ring (bicyclic) bond motifs is 1. The van der Waals surface area contributed by atoms with Crippen molar-refractivity contribution >= 4 is 5.69 Å². The van der Waals surface area contributed by atoms with Gasteiger partial charge in [-0.2, -0.15) is 0 Å². The standard InChI is InChI=1S/C15H23NO2/c1-5-16-10-15(2,3)14(18-4)12-8-6-7-11(9-17)13(12)16/h6-8,14,17H,5,9-10H2,1-4H3. The summed E-state index contributed by atoms with van der Waals surface area (Å²) in [6.45, 7) is 8.60. The number of hydrogen-bond donors (Lipinski definition) is 1. The molecule has 0 spiro atoms. The highest BCUT2D eigenvalue weighted by molar-refractivity contribution is 5.63. The molecule has 0 amide bonds. The topological polar surface area (TPSA) is 32.7 Å². The molecule has 1 atom stereocenters. The number of hydrogen-bond acceptors (Lipinski definition) is 3. The van der Waals surface area contributed by atoms with Crippen molar-refractivity contribution in [2.45, 2.75) is 33.5 Å². The summed E-state index contributed by atoms with van der Waals surface area (Å²) in [5.41, 5.74) is 3.42. The first-order chi connectivity index (χ1) is 8.55. The van der Waals surface area contributed by atoms with Crippen LogP contribution in [0.1, 0.15) is 38.0 Å². The van der Waals surface area contributed by atoms with E-state index in [0.717, 1.165) is 24.3 Å². The largest absolute Gasteiger partial charge is 0.392 e. The number of aliphatic hydroxyl groups excluding tert-OH is 1. The van der Waals surface area contributed by atoms with E-state index in [2.05, 4.69) is 31.7 Å². The number of nitrogens with zero attached hydrogens (tertiary/aromatic N) is 1. The molecule has 1 N–H and O–H groups in total. The molecule has 0 saturated carbocycles. The summed E-state index contributed by atoms with van der Waals surface area (Å²) in [7, 11) is 1.77. The Morgan fingerprint density at radius 3 is 2.72 bits per heavy atom. The first kappa shape index (κ1) is 13.4. The van der Waals surface area contributed by atoms with E-state index in [1.54, 1.807) is 7.11 Å². The van der Waals surface area contributed by atoms with E-state index < -0.39 is 0 Å². The fourth-order valence-corrected chi connectivity index (χ4v) is 3.13. The van der Waals surface area contributed by atoms with Crippen molar-refractivity contribution in [1.29, 1.82) is 0 Å². The van der Waals surface area contributed by atoms with Gasteiger partial charge in [0.05, 0.1) is 12.7 Å². The molecule has 1 heterocycles. The molecule has 0 bridgehead atoms. The molecule has 0 saturated heterocycles. The van der Waals surface area contributed by atoms with Crippen LogP contribution in [0.4, 0.5) is 5.69 Å². The van der Waals surface area contributed by atoms with Crippen molar-refractivity contribution in [3.63, 3.8) is 0 Å².